The second-order valence-corrected chi connectivity index (χ2v) is 5.10. The van der Waals surface area contributed by atoms with Crippen molar-refractivity contribution in [3.8, 4) is 5.75 Å². The van der Waals surface area contributed by atoms with Crippen LogP contribution in [0.1, 0.15) is 33.3 Å². The fraction of sp³-hybridized carbons (Fsp3) is 0.538. The normalized spacial score (nSPS) is 13.6. The fourth-order valence-corrected chi connectivity index (χ4v) is 1.13. The van der Waals surface area contributed by atoms with Crippen LogP contribution < -0.4 is 10.5 Å². The summed E-state index contributed by atoms with van der Waals surface area (Å²) < 4.78 is 19.2. The second-order valence-electron chi connectivity index (χ2n) is 5.10. The molecule has 1 atom stereocenters. The Kier molecular flexibility index (Phi) is 3.92. The van der Waals surface area contributed by atoms with Crippen LogP contribution in [0.25, 0.3) is 0 Å². The van der Waals surface area contributed by atoms with Crippen LogP contribution in [0.3, 0.4) is 0 Å². The van der Waals surface area contributed by atoms with Crippen LogP contribution in [0.15, 0.2) is 18.2 Å². The van der Waals surface area contributed by atoms with Gasteiger partial charge in [-0.15, -0.1) is 0 Å². The highest BCUT2D eigenvalue weighted by molar-refractivity contribution is 5.29. The van der Waals surface area contributed by atoms with E-state index >= 15 is 0 Å². The third kappa shape index (κ3) is 3.20. The van der Waals surface area contributed by atoms with Crippen LogP contribution in [0.5, 0.6) is 5.75 Å². The minimum atomic E-state index is -0.348. The maximum atomic E-state index is 13.6. The lowest BCUT2D eigenvalue weighted by Crippen LogP contribution is -2.29. The smallest absolute Gasteiger partial charge is 0.165 e. The van der Waals surface area contributed by atoms with Crippen molar-refractivity contribution in [1.82, 2.24) is 0 Å². The molecule has 2 nitrogen and oxygen atoms in total. The van der Waals surface area contributed by atoms with Crippen LogP contribution in [0.4, 0.5) is 4.39 Å². The molecule has 1 aromatic rings. The highest BCUT2D eigenvalue weighted by Gasteiger charge is 2.22. The van der Waals surface area contributed by atoms with Gasteiger partial charge in [0.05, 0.1) is 0 Å². The van der Waals surface area contributed by atoms with E-state index in [2.05, 4.69) is 20.8 Å². The topological polar surface area (TPSA) is 35.2 Å². The molecule has 1 aromatic carbocycles. The molecule has 0 aliphatic rings. The summed E-state index contributed by atoms with van der Waals surface area (Å²) in [6, 6.07) is 4.85. The molecule has 0 amide bonds. The Labute approximate surface area is 96.6 Å². The Balaban J connectivity index is 2.82. The SMILES string of the molecule is CC(Oc1ccc(CN)cc1F)C(C)(C)C. The average molecular weight is 225 g/mol. The van der Waals surface area contributed by atoms with E-state index in [-0.39, 0.29) is 17.3 Å². The van der Waals surface area contributed by atoms with E-state index in [0.717, 1.165) is 5.56 Å². The third-order valence-electron chi connectivity index (χ3n) is 2.76. The molecule has 0 aliphatic heterocycles. The van der Waals surface area contributed by atoms with E-state index in [9.17, 15) is 4.39 Å². The first-order chi connectivity index (χ1) is 7.34. The molecule has 3 heteroatoms. The van der Waals surface area contributed by atoms with Crippen molar-refractivity contribution >= 4 is 0 Å². The van der Waals surface area contributed by atoms with Crippen molar-refractivity contribution in [2.75, 3.05) is 0 Å². The zero-order valence-corrected chi connectivity index (χ0v) is 10.4. The third-order valence-corrected chi connectivity index (χ3v) is 2.76. The zero-order valence-electron chi connectivity index (χ0n) is 10.4. The maximum Gasteiger partial charge on any atom is 0.165 e. The molecule has 90 valence electrons. The van der Waals surface area contributed by atoms with Crippen LogP contribution in [0.2, 0.25) is 0 Å². The Hall–Kier alpha value is -1.09. The van der Waals surface area contributed by atoms with Gasteiger partial charge in [0.25, 0.3) is 0 Å². The minimum absolute atomic E-state index is 0.0149. The first-order valence-corrected chi connectivity index (χ1v) is 5.49. The van der Waals surface area contributed by atoms with Gasteiger partial charge in [0.1, 0.15) is 6.10 Å². The molecule has 0 fully saturated rings. The van der Waals surface area contributed by atoms with E-state index in [0.29, 0.717) is 12.3 Å². The van der Waals surface area contributed by atoms with E-state index in [1.807, 2.05) is 6.92 Å². The fourth-order valence-electron chi connectivity index (χ4n) is 1.13. The molecular weight excluding hydrogens is 205 g/mol. The van der Waals surface area contributed by atoms with Crippen molar-refractivity contribution in [3.63, 3.8) is 0 Å². The summed E-state index contributed by atoms with van der Waals surface area (Å²) in [7, 11) is 0. The highest BCUT2D eigenvalue weighted by Crippen LogP contribution is 2.26. The molecule has 0 heterocycles. The maximum absolute atomic E-state index is 13.6. The Morgan fingerprint density at radius 3 is 2.44 bits per heavy atom. The summed E-state index contributed by atoms with van der Waals surface area (Å²) >= 11 is 0. The van der Waals surface area contributed by atoms with Crippen molar-refractivity contribution in [1.29, 1.82) is 0 Å². The summed E-state index contributed by atoms with van der Waals surface area (Å²) in [5, 5.41) is 0. The summed E-state index contributed by atoms with van der Waals surface area (Å²) in [5.74, 6) is -0.0568. The number of ether oxygens (including phenoxy) is 1. The molecule has 16 heavy (non-hydrogen) atoms. The van der Waals surface area contributed by atoms with Crippen molar-refractivity contribution in [2.45, 2.75) is 40.3 Å². The monoisotopic (exact) mass is 225 g/mol. The van der Waals surface area contributed by atoms with Gasteiger partial charge >= 0.3 is 0 Å². The number of hydrogen-bond acceptors (Lipinski definition) is 2. The van der Waals surface area contributed by atoms with E-state index in [1.165, 1.54) is 6.07 Å². The lowest BCUT2D eigenvalue weighted by atomic mass is 9.90. The van der Waals surface area contributed by atoms with Gasteiger partial charge in [-0.05, 0) is 30.0 Å². The molecule has 0 bridgehead atoms. The summed E-state index contributed by atoms with van der Waals surface area (Å²) in [6.07, 6.45) is -0.0503. The Morgan fingerprint density at radius 2 is 2.00 bits per heavy atom. The first kappa shape index (κ1) is 13.0. The summed E-state index contributed by atoms with van der Waals surface area (Å²) in [4.78, 5) is 0. The number of hydrogen-bond donors (Lipinski definition) is 1. The van der Waals surface area contributed by atoms with Gasteiger partial charge in [-0.3, -0.25) is 0 Å². The molecule has 0 spiro atoms. The highest BCUT2D eigenvalue weighted by atomic mass is 19.1. The Bertz CT molecular complexity index is 357. The molecule has 0 saturated heterocycles. The van der Waals surface area contributed by atoms with Gasteiger partial charge in [-0.2, -0.15) is 0 Å². The Morgan fingerprint density at radius 1 is 1.38 bits per heavy atom. The molecule has 0 saturated carbocycles. The van der Waals surface area contributed by atoms with Crippen molar-refractivity contribution in [2.24, 2.45) is 11.1 Å². The number of nitrogens with two attached hydrogens (primary N) is 1. The molecular formula is C13H20FNO. The van der Waals surface area contributed by atoms with Crippen molar-refractivity contribution in [3.05, 3.63) is 29.6 Å². The number of rotatable bonds is 3. The average Bonchev–Trinajstić information content (AvgIpc) is 2.19. The predicted molar refractivity (Wildman–Crippen MR) is 63.8 cm³/mol. The van der Waals surface area contributed by atoms with Crippen LogP contribution in [0, 0.1) is 11.2 Å². The quantitative estimate of drug-likeness (QED) is 0.858. The number of halogens is 1. The van der Waals surface area contributed by atoms with Crippen LogP contribution >= 0.6 is 0 Å². The van der Waals surface area contributed by atoms with Gasteiger partial charge in [0.2, 0.25) is 0 Å². The molecule has 0 radical (unpaired) electrons. The van der Waals surface area contributed by atoms with E-state index in [1.54, 1.807) is 12.1 Å². The summed E-state index contributed by atoms with van der Waals surface area (Å²) in [6.45, 7) is 8.46. The molecule has 2 N–H and O–H groups in total. The van der Waals surface area contributed by atoms with Crippen LogP contribution in [-0.2, 0) is 6.54 Å². The number of benzene rings is 1. The molecule has 0 aromatic heterocycles. The van der Waals surface area contributed by atoms with Gasteiger partial charge in [-0.25, -0.2) is 4.39 Å². The molecule has 1 rings (SSSR count). The standard InChI is InChI=1S/C13H20FNO/c1-9(13(2,3)4)16-12-6-5-10(8-15)7-11(12)14/h5-7,9H,8,15H2,1-4H3. The largest absolute Gasteiger partial charge is 0.487 e. The van der Waals surface area contributed by atoms with Crippen LogP contribution in [-0.4, -0.2) is 6.10 Å². The van der Waals surface area contributed by atoms with Gasteiger partial charge in [0, 0.05) is 6.54 Å². The molecule has 0 aliphatic carbocycles. The lowest BCUT2D eigenvalue weighted by molar-refractivity contribution is 0.0989. The zero-order chi connectivity index (χ0) is 12.3. The van der Waals surface area contributed by atoms with Crippen molar-refractivity contribution < 1.29 is 9.13 Å². The van der Waals surface area contributed by atoms with Gasteiger partial charge < -0.3 is 10.5 Å². The van der Waals surface area contributed by atoms with Gasteiger partial charge in [-0.1, -0.05) is 26.8 Å². The lowest BCUT2D eigenvalue weighted by Gasteiger charge is -2.28. The first-order valence-electron chi connectivity index (χ1n) is 5.49. The minimum Gasteiger partial charge on any atom is -0.487 e. The predicted octanol–water partition coefficient (Wildman–Crippen LogP) is 3.10. The van der Waals surface area contributed by atoms with E-state index < -0.39 is 0 Å². The summed E-state index contributed by atoms with van der Waals surface area (Å²) in [5.41, 5.74) is 6.19. The molecule has 1 unspecified atom stereocenters. The van der Waals surface area contributed by atoms with E-state index in [4.69, 9.17) is 10.5 Å². The second kappa shape index (κ2) is 4.83. The van der Waals surface area contributed by atoms with Gasteiger partial charge in [0.15, 0.2) is 11.6 Å².